The first-order valence-corrected chi connectivity index (χ1v) is 3.89. The molecule has 3 nitrogen and oxygen atoms in total. The fraction of sp³-hybridized carbons (Fsp3) is 0.333. The van der Waals surface area contributed by atoms with Crippen LogP contribution in [0.1, 0.15) is 11.3 Å². The minimum Gasteiger partial charge on any atom is -0.244 e. The van der Waals surface area contributed by atoms with Gasteiger partial charge in [-0.2, -0.15) is 0 Å². The van der Waals surface area contributed by atoms with E-state index in [0.29, 0.717) is 13.1 Å². The van der Waals surface area contributed by atoms with Crippen LogP contribution in [0.2, 0.25) is 0 Å². The van der Waals surface area contributed by atoms with E-state index in [1.54, 1.807) is 10.5 Å². The van der Waals surface area contributed by atoms with Crippen LogP contribution in [0, 0.1) is 0 Å². The Bertz CT molecular complexity index is 243. The third-order valence-electron chi connectivity index (χ3n) is 1.65. The Morgan fingerprint density at radius 2 is 2.45 bits per heavy atom. The van der Waals surface area contributed by atoms with E-state index >= 15 is 0 Å². The second-order valence-corrected chi connectivity index (χ2v) is 3.02. The smallest absolute Gasteiger partial charge is 0.135 e. The van der Waals surface area contributed by atoms with E-state index in [1.807, 2.05) is 0 Å². The molecule has 0 saturated carbocycles. The summed E-state index contributed by atoms with van der Waals surface area (Å²) in [5.74, 6) is 0. The van der Waals surface area contributed by atoms with Crippen molar-refractivity contribution in [1.29, 1.82) is 0 Å². The van der Waals surface area contributed by atoms with Crippen molar-refractivity contribution in [2.75, 3.05) is 0 Å². The van der Waals surface area contributed by atoms with E-state index in [9.17, 15) is 3.89 Å². The molecule has 0 fully saturated rings. The van der Waals surface area contributed by atoms with E-state index in [1.165, 1.54) is 6.33 Å². The molecule has 5 heteroatoms. The first kappa shape index (κ1) is 7.00. The van der Waals surface area contributed by atoms with Gasteiger partial charge in [-0.05, 0) is 0 Å². The molecule has 58 valence electrons. The molecule has 0 unspecified atom stereocenters. The van der Waals surface area contributed by atoms with Gasteiger partial charge in [0.25, 0.3) is 0 Å². The zero-order valence-corrected chi connectivity index (χ0v) is 6.51. The van der Waals surface area contributed by atoms with Crippen LogP contribution < -0.4 is 0 Å². The van der Waals surface area contributed by atoms with Crippen LogP contribution in [-0.4, -0.2) is 14.3 Å². The molecular formula is C6H6FN3S. The zero-order chi connectivity index (χ0) is 7.68. The highest BCUT2D eigenvalue weighted by atomic mass is 32.2. The van der Waals surface area contributed by atoms with Gasteiger partial charge in [-0.25, -0.2) is 14.3 Å². The lowest BCUT2D eigenvalue weighted by Crippen LogP contribution is -2.02. The average molecular weight is 171 g/mol. The van der Waals surface area contributed by atoms with Gasteiger partial charge in [-0.3, -0.25) is 0 Å². The van der Waals surface area contributed by atoms with Gasteiger partial charge in [0.15, 0.2) is 0 Å². The summed E-state index contributed by atoms with van der Waals surface area (Å²) in [5, 5.41) is 0. The van der Waals surface area contributed by atoms with Crippen molar-refractivity contribution in [2.24, 2.45) is 0 Å². The molecule has 0 spiro atoms. The van der Waals surface area contributed by atoms with E-state index in [0.717, 1.165) is 11.3 Å². The molecule has 0 bridgehead atoms. The lowest BCUT2D eigenvalue weighted by Gasteiger charge is -2.02. The predicted molar refractivity (Wildman–Crippen MR) is 40.0 cm³/mol. The number of aromatic nitrogens is 2. The molecule has 0 aromatic carbocycles. The molecule has 1 aromatic rings. The maximum absolute atomic E-state index is 12.1. The highest BCUT2D eigenvalue weighted by Gasteiger charge is 2.20. The third kappa shape index (κ3) is 1.21. The summed E-state index contributed by atoms with van der Waals surface area (Å²) in [6.45, 7) is 1.19. The van der Waals surface area contributed by atoms with Gasteiger partial charge in [-0.15, -0.1) is 3.89 Å². The van der Waals surface area contributed by atoms with Crippen LogP contribution in [-0.2, 0) is 13.1 Å². The van der Waals surface area contributed by atoms with Crippen molar-refractivity contribution < 1.29 is 3.89 Å². The Kier molecular flexibility index (Phi) is 1.75. The quantitative estimate of drug-likeness (QED) is 0.596. The Hall–Kier alpha value is -0.680. The van der Waals surface area contributed by atoms with Crippen LogP contribution >= 0.6 is 12.3 Å². The lowest BCUT2D eigenvalue weighted by atomic mass is 10.3. The van der Waals surface area contributed by atoms with E-state index in [-0.39, 0.29) is 12.3 Å². The Labute approximate surface area is 68.1 Å². The number of halogens is 1. The van der Waals surface area contributed by atoms with Crippen LogP contribution in [0.25, 0.3) is 0 Å². The van der Waals surface area contributed by atoms with Gasteiger partial charge < -0.3 is 0 Å². The largest absolute Gasteiger partial charge is 0.244 e. The van der Waals surface area contributed by atoms with Crippen LogP contribution in [0.3, 0.4) is 0 Å². The van der Waals surface area contributed by atoms with Gasteiger partial charge >= 0.3 is 0 Å². The molecule has 1 aromatic heterocycles. The molecule has 0 amide bonds. The summed E-state index contributed by atoms with van der Waals surface area (Å²) in [6.07, 6.45) is 3.23. The predicted octanol–water partition coefficient (Wildman–Crippen LogP) is 1.32. The minimum atomic E-state index is 0.255. The molecule has 0 radical (unpaired) electrons. The lowest BCUT2D eigenvalue weighted by molar-refractivity contribution is 0.489. The minimum absolute atomic E-state index is 0.255. The Morgan fingerprint density at radius 1 is 1.55 bits per heavy atom. The van der Waals surface area contributed by atoms with Gasteiger partial charge in [0.2, 0.25) is 0 Å². The number of fused-ring (bicyclic) bond motifs is 1. The molecule has 0 atom stereocenters. The molecule has 1 aliphatic heterocycles. The summed E-state index contributed by atoms with van der Waals surface area (Å²) < 4.78 is 13.7. The van der Waals surface area contributed by atoms with Crippen molar-refractivity contribution in [2.45, 2.75) is 13.1 Å². The second-order valence-electron chi connectivity index (χ2n) is 2.36. The SMILES string of the molecule is FSN1Cc2cncnc2C1. The highest BCUT2D eigenvalue weighted by Crippen LogP contribution is 2.25. The normalized spacial score (nSPS) is 16.8. The van der Waals surface area contributed by atoms with E-state index < -0.39 is 0 Å². The van der Waals surface area contributed by atoms with Crippen LogP contribution in [0.15, 0.2) is 12.5 Å². The number of hydrogen-bond donors (Lipinski definition) is 0. The maximum atomic E-state index is 12.1. The molecule has 0 saturated heterocycles. The number of rotatable bonds is 1. The van der Waals surface area contributed by atoms with Gasteiger partial charge in [0, 0.05) is 18.3 Å². The standard InChI is InChI=1S/C6H6FN3S/c7-11-10-2-5-1-8-4-9-6(5)3-10/h1,4H,2-3H2. The summed E-state index contributed by atoms with van der Waals surface area (Å²) in [4.78, 5) is 7.88. The molecule has 0 aliphatic carbocycles. The van der Waals surface area contributed by atoms with E-state index in [2.05, 4.69) is 9.97 Å². The van der Waals surface area contributed by atoms with Gasteiger partial charge in [0.05, 0.1) is 12.2 Å². The van der Waals surface area contributed by atoms with Gasteiger partial charge in [-0.1, -0.05) is 0 Å². The summed E-state index contributed by atoms with van der Waals surface area (Å²) >= 11 is 0.255. The summed E-state index contributed by atoms with van der Waals surface area (Å²) in [7, 11) is 0. The molecule has 2 rings (SSSR count). The average Bonchev–Trinajstić information content (AvgIpc) is 2.46. The van der Waals surface area contributed by atoms with Crippen molar-refractivity contribution in [3.63, 3.8) is 0 Å². The van der Waals surface area contributed by atoms with Crippen LogP contribution in [0.5, 0.6) is 0 Å². The van der Waals surface area contributed by atoms with Crippen molar-refractivity contribution in [1.82, 2.24) is 14.3 Å². The van der Waals surface area contributed by atoms with Crippen LogP contribution in [0.4, 0.5) is 3.89 Å². The Balaban J connectivity index is 2.27. The van der Waals surface area contributed by atoms with Crippen molar-refractivity contribution >= 4 is 12.3 Å². The first-order valence-electron chi connectivity index (χ1n) is 3.21. The molecule has 1 aliphatic rings. The Morgan fingerprint density at radius 3 is 3.18 bits per heavy atom. The summed E-state index contributed by atoms with van der Waals surface area (Å²) in [5.41, 5.74) is 1.96. The van der Waals surface area contributed by atoms with E-state index in [4.69, 9.17) is 0 Å². The summed E-state index contributed by atoms with van der Waals surface area (Å²) in [6, 6.07) is 0. The van der Waals surface area contributed by atoms with Crippen molar-refractivity contribution in [3.05, 3.63) is 23.8 Å². The second kappa shape index (κ2) is 2.75. The zero-order valence-electron chi connectivity index (χ0n) is 5.70. The fourth-order valence-corrected chi connectivity index (χ4v) is 1.48. The monoisotopic (exact) mass is 171 g/mol. The molecule has 11 heavy (non-hydrogen) atoms. The van der Waals surface area contributed by atoms with Crippen molar-refractivity contribution in [3.8, 4) is 0 Å². The highest BCUT2D eigenvalue weighted by molar-refractivity contribution is 7.91. The topological polar surface area (TPSA) is 29.0 Å². The first-order chi connectivity index (χ1) is 5.40. The third-order valence-corrected chi connectivity index (χ3v) is 2.11. The maximum Gasteiger partial charge on any atom is 0.135 e. The number of hydrogen-bond acceptors (Lipinski definition) is 4. The molecule has 2 heterocycles. The molecule has 0 N–H and O–H groups in total. The fourth-order valence-electron chi connectivity index (χ4n) is 1.12. The van der Waals surface area contributed by atoms with Gasteiger partial charge in [0.1, 0.15) is 18.7 Å². The molecular weight excluding hydrogens is 165 g/mol. The number of nitrogens with zero attached hydrogens (tertiary/aromatic N) is 3.